The number of halogens is 2. The molecule has 0 aliphatic carbocycles. The summed E-state index contributed by atoms with van der Waals surface area (Å²) >= 11 is 12.1. The van der Waals surface area contributed by atoms with E-state index in [2.05, 4.69) is 0 Å². The van der Waals surface area contributed by atoms with E-state index in [-0.39, 0.29) is 5.57 Å². The lowest BCUT2D eigenvalue weighted by Crippen LogP contribution is -2.04. The molecular weight excluding hydrogens is 321 g/mol. The van der Waals surface area contributed by atoms with Gasteiger partial charge in [0.25, 0.3) is 0 Å². The Hall–Kier alpha value is -2.28. The van der Waals surface area contributed by atoms with Crippen LogP contribution in [0, 0.1) is 11.3 Å². The lowest BCUT2D eigenvalue weighted by molar-refractivity contribution is 0.103. The monoisotopic (exact) mass is 331 g/mol. The van der Waals surface area contributed by atoms with Crippen molar-refractivity contribution in [1.82, 2.24) is 0 Å². The molecule has 0 saturated heterocycles. The summed E-state index contributed by atoms with van der Waals surface area (Å²) in [6.07, 6.45) is 1.39. The molecule has 2 rings (SSSR count). The molecular formula is C17H11Cl2NO2. The van der Waals surface area contributed by atoms with Crippen LogP contribution < -0.4 is 4.74 Å². The second-order valence-electron chi connectivity index (χ2n) is 4.33. The van der Waals surface area contributed by atoms with E-state index in [4.69, 9.17) is 27.9 Å². The summed E-state index contributed by atoms with van der Waals surface area (Å²) in [5.41, 5.74) is 0.672. The maximum Gasteiger partial charge on any atom is 0.207 e. The molecule has 0 aliphatic heterocycles. The quantitative estimate of drug-likeness (QED) is 0.459. The molecule has 0 atom stereocenters. The highest BCUT2D eigenvalue weighted by Gasteiger charge is 2.17. The van der Waals surface area contributed by atoms with Crippen molar-refractivity contribution >= 4 is 35.1 Å². The van der Waals surface area contributed by atoms with Crippen LogP contribution in [0.4, 0.5) is 0 Å². The highest BCUT2D eigenvalue weighted by atomic mass is 35.5. The normalized spacial score (nSPS) is 10.9. The molecule has 2 aromatic carbocycles. The molecule has 110 valence electrons. The zero-order valence-electron chi connectivity index (χ0n) is 11.6. The first-order valence-corrected chi connectivity index (χ1v) is 7.07. The Kier molecular flexibility index (Phi) is 5.21. The molecule has 0 spiro atoms. The number of hydrogen-bond acceptors (Lipinski definition) is 3. The van der Waals surface area contributed by atoms with Crippen molar-refractivity contribution in [3.05, 3.63) is 69.2 Å². The Bertz CT molecular complexity index is 771. The lowest BCUT2D eigenvalue weighted by atomic mass is 10.0. The number of ketones is 1. The van der Waals surface area contributed by atoms with E-state index in [1.807, 2.05) is 6.07 Å². The Morgan fingerprint density at radius 3 is 2.36 bits per heavy atom. The lowest BCUT2D eigenvalue weighted by Gasteiger charge is -2.07. The van der Waals surface area contributed by atoms with Crippen LogP contribution in [0.25, 0.3) is 6.08 Å². The molecule has 0 radical (unpaired) electrons. The molecule has 0 unspecified atom stereocenters. The SMILES string of the molecule is COc1ccccc1C(=O)/C(C#N)=C/c1c(Cl)cccc1Cl. The maximum absolute atomic E-state index is 12.5. The minimum atomic E-state index is -0.448. The van der Waals surface area contributed by atoms with Gasteiger partial charge in [0.15, 0.2) is 0 Å². The molecule has 5 heteroatoms. The zero-order valence-corrected chi connectivity index (χ0v) is 13.2. The predicted molar refractivity (Wildman–Crippen MR) is 87.4 cm³/mol. The van der Waals surface area contributed by atoms with E-state index in [1.54, 1.807) is 42.5 Å². The molecule has 0 amide bonds. The van der Waals surface area contributed by atoms with Gasteiger partial charge in [-0.1, -0.05) is 41.4 Å². The molecule has 0 fully saturated rings. The van der Waals surface area contributed by atoms with Crippen molar-refractivity contribution in [3.63, 3.8) is 0 Å². The number of para-hydroxylation sites is 1. The number of allylic oxidation sites excluding steroid dienone is 1. The number of carbonyl (C=O) groups excluding carboxylic acids is 1. The second-order valence-corrected chi connectivity index (χ2v) is 5.15. The van der Waals surface area contributed by atoms with Crippen LogP contribution in [0.5, 0.6) is 5.75 Å². The van der Waals surface area contributed by atoms with E-state index in [0.29, 0.717) is 26.9 Å². The summed E-state index contributed by atoms with van der Waals surface area (Å²) in [7, 11) is 1.47. The van der Waals surface area contributed by atoms with Gasteiger partial charge in [-0.25, -0.2) is 0 Å². The summed E-state index contributed by atoms with van der Waals surface area (Å²) in [5.74, 6) is -0.0464. The van der Waals surface area contributed by atoms with Crippen LogP contribution in [0.1, 0.15) is 15.9 Å². The van der Waals surface area contributed by atoms with Gasteiger partial charge in [0.05, 0.1) is 12.7 Å². The standard InChI is InChI=1S/C17H11Cl2NO2/c1-22-16-8-3-2-5-12(16)17(21)11(10-20)9-13-14(18)6-4-7-15(13)19/h2-9H,1H3/b11-9+. The smallest absolute Gasteiger partial charge is 0.207 e. The van der Waals surface area contributed by atoms with Crippen molar-refractivity contribution in [1.29, 1.82) is 5.26 Å². The van der Waals surface area contributed by atoms with Crippen molar-refractivity contribution in [3.8, 4) is 11.8 Å². The summed E-state index contributed by atoms with van der Waals surface area (Å²) in [6.45, 7) is 0. The molecule has 0 saturated carbocycles. The molecule has 0 heterocycles. The minimum absolute atomic E-state index is 0.0699. The highest BCUT2D eigenvalue weighted by molar-refractivity contribution is 6.37. The number of ether oxygens (including phenoxy) is 1. The Morgan fingerprint density at radius 1 is 1.14 bits per heavy atom. The topological polar surface area (TPSA) is 50.1 Å². The highest BCUT2D eigenvalue weighted by Crippen LogP contribution is 2.28. The van der Waals surface area contributed by atoms with Gasteiger partial charge in [0.1, 0.15) is 17.4 Å². The molecule has 0 aromatic heterocycles. The fourth-order valence-corrected chi connectivity index (χ4v) is 2.43. The molecule has 2 aromatic rings. The number of Topliss-reactive ketones (excluding diaryl/α,β-unsaturated/α-hetero) is 1. The third-order valence-electron chi connectivity index (χ3n) is 3.01. The van der Waals surface area contributed by atoms with Gasteiger partial charge in [-0.3, -0.25) is 4.79 Å². The fraction of sp³-hybridized carbons (Fsp3) is 0.0588. The first kappa shape index (κ1) is 16.1. The van der Waals surface area contributed by atoms with Crippen LogP contribution in [0.15, 0.2) is 48.0 Å². The van der Waals surface area contributed by atoms with Crippen molar-refractivity contribution in [2.24, 2.45) is 0 Å². The fourth-order valence-electron chi connectivity index (χ4n) is 1.92. The summed E-state index contributed by atoms with van der Waals surface area (Å²) in [6, 6.07) is 13.6. The average Bonchev–Trinajstić information content (AvgIpc) is 2.54. The van der Waals surface area contributed by atoms with Crippen LogP contribution >= 0.6 is 23.2 Å². The summed E-state index contributed by atoms with van der Waals surface area (Å²) in [5, 5.41) is 10.0. The first-order valence-electron chi connectivity index (χ1n) is 6.32. The predicted octanol–water partition coefficient (Wildman–Crippen LogP) is 4.79. The summed E-state index contributed by atoms with van der Waals surface area (Å²) < 4.78 is 5.15. The number of methoxy groups -OCH3 is 1. The van der Waals surface area contributed by atoms with Crippen LogP contribution in [0.2, 0.25) is 10.0 Å². The number of rotatable bonds is 4. The van der Waals surface area contributed by atoms with Crippen LogP contribution in [-0.2, 0) is 0 Å². The van der Waals surface area contributed by atoms with E-state index in [0.717, 1.165) is 0 Å². The van der Waals surface area contributed by atoms with Gasteiger partial charge in [-0.05, 0) is 30.3 Å². The Balaban J connectivity index is 2.51. The van der Waals surface area contributed by atoms with Gasteiger partial charge >= 0.3 is 0 Å². The number of carbonyl (C=O) groups is 1. The van der Waals surface area contributed by atoms with Gasteiger partial charge < -0.3 is 4.74 Å². The molecule has 0 N–H and O–H groups in total. The number of hydrogen-bond donors (Lipinski definition) is 0. The average molecular weight is 332 g/mol. The van der Waals surface area contributed by atoms with Crippen LogP contribution in [0.3, 0.4) is 0 Å². The van der Waals surface area contributed by atoms with Gasteiger partial charge in [-0.2, -0.15) is 5.26 Å². The maximum atomic E-state index is 12.5. The second kappa shape index (κ2) is 7.13. The van der Waals surface area contributed by atoms with Crippen LogP contribution in [-0.4, -0.2) is 12.9 Å². The van der Waals surface area contributed by atoms with E-state index >= 15 is 0 Å². The van der Waals surface area contributed by atoms with Gasteiger partial charge in [0, 0.05) is 15.6 Å². The Labute approximate surface area is 138 Å². The third-order valence-corrected chi connectivity index (χ3v) is 3.66. The zero-order chi connectivity index (χ0) is 16.1. The van der Waals surface area contributed by atoms with E-state index in [9.17, 15) is 10.1 Å². The van der Waals surface area contributed by atoms with Crippen molar-refractivity contribution in [2.45, 2.75) is 0 Å². The molecule has 0 aliphatic rings. The molecule has 3 nitrogen and oxygen atoms in total. The first-order chi connectivity index (χ1) is 10.6. The minimum Gasteiger partial charge on any atom is -0.496 e. The largest absolute Gasteiger partial charge is 0.496 e. The number of nitriles is 1. The van der Waals surface area contributed by atoms with Crippen molar-refractivity contribution < 1.29 is 9.53 Å². The molecule has 0 bridgehead atoms. The van der Waals surface area contributed by atoms with Gasteiger partial charge in [0.2, 0.25) is 5.78 Å². The Morgan fingerprint density at radius 2 is 1.77 bits per heavy atom. The van der Waals surface area contributed by atoms with Crippen molar-refractivity contribution in [2.75, 3.05) is 7.11 Å². The van der Waals surface area contributed by atoms with E-state index in [1.165, 1.54) is 13.2 Å². The number of nitrogens with zero attached hydrogens (tertiary/aromatic N) is 1. The molecule has 22 heavy (non-hydrogen) atoms. The third kappa shape index (κ3) is 3.30. The van der Waals surface area contributed by atoms with Gasteiger partial charge in [-0.15, -0.1) is 0 Å². The summed E-state index contributed by atoms with van der Waals surface area (Å²) in [4.78, 5) is 12.5. The van der Waals surface area contributed by atoms with E-state index < -0.39 is 5.78 Å². The number of benzene rings is 2.